The maximum Gasteiger partial charge on any atom is 0.277 e. The Morgan fingerprint density at radius 3 is 2.71 bits per heavy atom. The highest BCUT2D eigenvalue weighted by Crippen LogP contribution is 2.24. The van der Waals surface area contributed by atoms with E-state index >= 15 is 0 Å². The third-order valence-electron chi connectivity index (χ3n) is 1.75. The Morgan fingerprint density at radius 2 is 2.21 bits per heavy atom. The number of benzene rings is 1. The number of phenols is 1. The fourth-order valence-corrected chi connectivity index (χ4v) is 1.16. The first kappa shape index (κ1) is 11.0. The molecule has 1 amide bonds. The van der Waals surface area contributed by atoms with Gasteiger partial charge in [0.1, 0.15) is 5.75 Å². The van der Waals surface area contributed by atoms with Crippen molar-refractivity contribution in [1.29, 1.82) is 0 Å². The van der Waals surface area contributed by atoms with Gasteiger partial charge in [-0.25, -0.2) is 5.06 Å². The van der Waals surface area contributed by atoms with E-state index in [1.165, 1.54) is 20.2 Å². The molecule has 76 valence electrons. The van der Waals surface area contributed by atoms with Crippen molar-refractivity contribution >= 4 is 21.8 Å². The van der Waals surface area contributed by atoms with Crippen LogP contribution in [-0.2, 0) is 4.84 Å². The summed E-state index contributed by atoms with van der Waals surface area (Å²) in [7, 11) is 2.90. The topological polar surface area (TPSA) is 49.8 Å². The van der Waals surface area contributed by atoms with Crippen LogP contribution in [0.15, 0.2) is 22.7 Å². The first-order valence-corrected chi connectivity index (χ1v) is 4.66. The lowest BCUT2D eigenvalue weighted by Gasteiger charge is -2.13. The summed E-state index contributed by atoms with van der Waals surface area (Å²) in [6.45, 7) is 0. The van der Waals surface area contributed by atoms with E-state index in [0.717, 1.165) is 5.06 Å². The van der Waals surface area contributed by atoms with Crippen LogP contribution in [0.1, 0.15) is 10.4 Å². The normalized spacial score (nSPS) is 9.93. The zero-order valence-corrected chi connectivity index (χ0v) is 9.41. The number of nitrogens with zero attached hydrogens (tertiary/aromatic N) is 1. The van der Waals surface area contributed by atoms with Crippen molar-refractivity contribution in [3.63, 3.8) is 0 Å². The summed E-state index contributed by atoms with van der Waals surface area (Å²) in [6, 6.07) is 4.58. The second-order valence-electron chi connectivity index (χ2n) is 2.65. The molecule has 4 nitrogen and oxygen atoms in total. The maximum atomic E-state index is 11.5. The number of phenolic OH excluding ortho intramolecular Hbond substituents is 1. The lowest BCUT2D eigenvalue weighted by atomic mass is 10.2. The zero-order valence-electron chi connectivity index (χ0n) is 7.82. The summed E-state index contributed by atoms with van der Waals surface area (Å²) in [6.07, 6.45) is 0. The van der Waals surface area contributed by atoms with Gasteiger partial charge in [-0.15, -0.1) is 0 Å². The predicted octanol–water partition coefficient (Wildman–Crippen LogP) is 1.79. The summed E-state index contributed by atoms with van der Waals surface area (Å²) in [5, 5.41) is 10.4. The zero-order chi connectivity index (χ0) is 10.7. The van der Waals surface area contributed by atoms with Gasteiger partial charge in [-0.2, -0.15) is 0 Å². The van der Waals surface area contributed by atoms with Crippen molar-refractivity contribution in [2.45, 2.75) is 0 Å². The molecule has 0 bridgehead atoms. The van der Waals surface area contributed by atoms with Crippen LogP contribution in [0.25, 0.3) is 0 Å². The monoisotopic (exact) mass is 259 g/mol. The van der Waals surface area contributed by atoms with E-state index < -0.39 is 0 Å². The molecule has 0 saturated heterocycles. The minimum atomic E-state index is -0.310. The number of halogens is 1. The number of rotatable bonds is 2. The summed E-state index contributed by atoms with van der Waals surface area (Å²) in [5.41, 5.74) is 0.370. The summed E-state index contributed by atoms with van der Waals surface area (Å²) in [4.78, 5) is 16.2. The fourth-order valence-electron chi connectivity index (χ4n) is 0.910. The van der Waals surface area contributed by atoms with E-state index in [4.69, 9.17) is 4.84 Å². The Bertz CT molecular complexity index is 354. The lowest BCUT2D eigenvalue weighted by molar-refractivity contribution is -0.0757. The Kier molecular flexibility index (Phi) is 3.49. The molecule has 0 unspecified atom stereocenters. The summed E-state index contributed by atoms with van der Waals surface area (Å²) >= 11 is 3.13. The van der Waals surface area contributed by atoms with Gasteiger partial charge in [0.05, 0.1) is 11.6 Å². The van der Waals surface area contributed by atoms with Gasteiger partial charge >= 0.3 is 0 Å². The Labute approximate surface area is 90.2 Å². The van der Waals surface area contributed by atoms with E-state index in [2.05, 4.69) is 15.9 Å². The molecule has 1 aromatic carbocycles. The van der Waals surface area contributed by atoms with E-state index in [1.807, 2.05) is 0 Å². The lowest BCUT2D eigenvalue weighted by Crippen LogP contribution is -2.25. The van der Waals surface area contributed by atoms with Gasteiger partial charge in [-0.05, 0) is 34.1 Å². The third kappa shape index (κ3) is 2.24. The van der Waals surface area contributed by atoms with Gasteiger partial charge in [0.2, 0.25) is 0 Å². The number of carbonyl (C=O) groups excluding carboxylic acids is 1. The Balaban J connectivity index is 2.97. The highest BCUT2D eigenvalue weighted by Gasteiger charge is 2.12. The molecule has 0 atom stereocenters. The van der Waals surface area contributed by atoms with Gasteiger partial charge in [0.25, 0.3) is 5.91 Å². The van der Waals surface area contributed by atoms with Crippen LogP contribution >= 0.6 is 15.9 Å². The molecule has 0 radical (unpaired) electrons. The first-order valence-electron chi connectivity index (χ1n) is 3.87. The summed E-state index contributed by atoms with van der Waals surface area (Å²) < 4.78 is 0.550. The minimum Gasteiger partial charge on any atom is -0.507 e. The minimum absolute atomic E-state index is 0.0281. The van der Waals surface area contributed by atoms with E-state index in [9.17, 15) is 9.90 Å². The van der Waals surface area contributed by atoms with Crippen molar-refractivity contribution in [1.82, 2.24) is 5.06 Å². The van der Waals surface area contributed by atoms with Crippen LogP contribution in [0, 0.1) is 0 Å². The highest BCUT2D eigenvalue weighted by atomic mass is 79.9. The predicted molar refractivity (Wildman–Crippen MR) is 54.9 cm³/mol. The van der Waals surface area contributed by atoms with Crippen LogP contribution in [0.5, 0.6) is 5.75 Å². The molecule has 1 N–H and O–H groups in total. The average Bonchev–Trinajstić information content (AvgIpc) is 2.20. The molecule has 1 rings (SSSR count). The third-order valence-corrected chi connectivity index (χ3v) is 2.42. The largest absolute Gasteiger partial charge is 0.507 e. The quantitative estimate of drug-likeness (QED) is 0.824. The number of hydrogen-bond acceptors (Lipinski definition) is 3. The van der Waals surface area contributed by atoms with Gasteiger partial charge in [-0.1, -0.05) is 0 Å². The van der Waals surface area contributed by atoms with Crippen molar-refractivity contribution in [3.05, 3.63) is 28.2 Å². The molecule has 1 aromatic rings. The van der Waals surface area contributed by atoms with Gasteiger partial charge in [0, 0.05) is 12.6 Å². The smallest absolute Gasteiger partial charge is 0.277 e. The van der Waals surface area contributed by atoms with Crippen LogP contribution < -0.4 is 0 Å². The van der Waals surface area contributed by atoms with Crippen LogP contribution in [-0.4, -0.2) is 30.2 Å². The van der Waals surface area contributed by atoms with Crippen LogP contribution in [0.2, 0.25) is 0 Å². The number of hydroxylamine groups is 2. The van der Waals surface area contributed by atoms with E-state index in [0.29, 0.717) is 10.0 Å². The number of carbonyl (C=O) groups is 1. The molecule has 0 heterocycles. The Morgan fingerprint density at radius 1 is 1.57 bits per heavy atom. The molecular weight excluding hydrogens is 250 g/mol. The number of amides is 1. The van der Waals surface area contributed by atoms with Gasteiger partial charge < -0.3 is 5.11 Å². The molecule has 0 aliphatic rings. The van der Waals surface area contributed by atoms with Crippen LogP contribution in [0.4, 0.5) is 0 Å². The standard InChI is InChI=1S/C9H10BrNO3/c1-11(14-2)9(13)6-3-4-7(10)8(12)5-6/h3-5,12H,1-2H3. The van der Waals surface area contributed by atoms with E-state index in [1.54, 1.807) is 12.1 Å². The molecule has 5 heteroatoms. The molecule has 0 aliphatic carbocycles. The summed E-state index contributed by atoms with van der Waals surface area (Å²) in [5.74, 6) is -0.282. The SMILES string of the molecule is CON(C)C(=O)c1ccc(Br)c(O)c1. The molecular formula is C9H10BrNO3. The number of hydrogen-bond donors (Lipinski definition) is 1. The van der Waals surface area contributed by atoms with Gasteiger partial charge in [-0.3, -0.25) is 9.63 Å². The fraction of sp³-hybridized carbons (Fsp3) is 0.222. The first-order chi connectivity index (χ1) is 6.56. The van der Waals surface area contributed by atoms with E-state index in [-0.39, 0.29) is 11.7 Å². The molecule has 0 aliphatic heterocycles. The number of aromatic hydroxyl groups is 1. The van der Waals surface area contributed by atoms with Crippen molar-refractivity contribution < 1.29 is 14.7 Å². The molecule has 0 fully saturated rings. The van der Waals surface area contributed by atoms with Crippen LogP contribution in [0.3, 0.4) is 0 Å². The van der Waals surface area contributed by atoms with Crippen molar-refractivity contribution in [2.75, 3.05) is 14.2 Å². The van der Waals surface area contributed by atoms with Crippen molar-refractivity contribution in [3.8, 4) is 5.75 Å². The molecule has 14 heavy (non-hydrogen) atoms. The second kappa shape index (κ2) is 4.43. The average molecular weight is 260 g/mol. The molecule has 0 spiro atoms. The van der Waals surface area contributed by atoms with Crippen molar-refractivity contribution in [2.24, 2.45) is 0 Å². The molecule has 0 aromatic heterocycles. The van der Waals surface area contributed by atoms with Gasteiger partial charge in [0.15, 0.2) is 0 Å². The Hall–Kier alpha value is -1.07. The maximum absolute atomic E-state index is 11.5. The second-order valence-corrected chi connectivity index (χ2v) is 3.51. The highest BCUT2D eigenvalue weighted by molar-refractivity contribution is 9.10. The molecule has 0 saturated carbocycles.